The minimum atomic E-state index is -0.202. The average Bonchev–Trinajstić information content (AvgIpc) is 3.08. The number of hydrogen-bond acceptors (Lipinski definition) is 3. The highest BCUT2D eigenvalue weighted by molar-refractivity contribution is 5.59. The van der Waals surface area contributed by atoms with Gasteiger partial charge in [0.05, 0.1) is 25.1 Å². The number of imidazole rings is 1. The molecular weight excluding hydrogens is 240 g/mol. The summed E-state index contributed by atoms with van der Waals surface area (Å²) < 4.78 is 13.2. The Morgan fingerprint density at radius 2 is 1.89 bits per heavy atom. The van der Waals surface area contributed by atoms with E-state index in [0.717, 1.165) is 23.6 Å². The number of nitrogens with zero attached hydrogens (tertiary/aromatic N) is 2. The van der Waals surface area contributed by atoms with Crippen LogP contribution in [-0.4, -0.2) is 22.8 Å². The molecule has 3 rings (SSSR count). The van der Waals surface area contributed by atoms with Crippen molar-refractivity contribution in [2.45, 2.75) is 26.7 Å². The van der Waals surface area contributed by atoms with E-state index in [1.54, 1.807) is 0 Å². The van der Waals surface area contributed by atoms with E-state index in [1.165, 1.54) is 5.56 Å². The molecule has 0 aliphatic carbocycles. The van der Waals surface area contributed by atoms with E-state index in [0.29, 0.717) is 13.2 Å². The van der Waals surface area contributed by atoms with Crippen molar-refractivity contribution < 1.29 is 9.47 Å². The van der Waals surface area contributed by atoms with Gasteiger partial charge in [0.1, 0.15) is 5.82 Å². The first kappa shape index (κ1) is 12.4. The fourth-order valence-corrected chi connectivity index (χ4v) is 2.46. The van der Waals surface area contributed by atoms with E-state index in [4.69, 9.17) is 9.47 Å². The zero-order valence-electron chi connectivity index (χ0n) is 11.3. The van der Waals surface area contributed by atoms with Crippen LogP contribution in [0.2, 0.25) is 0 Å². The molecule has 19 heavy (non-hydrogen) atoms. The van der Waals surface area contributed by atoms with E-state index >= 15 is 0 Å². The summed E-state index contributed by atoms with van der Waals surface area (Å²) in [7, 11) is 0. The number of ether oxygens (including phenoxy) is 2. The van der Waals surface area contributed by atoms with Crippen LogP contribution in [0, 0.1) is 6.92 Å². The smallest absolute Gasteiger partial charge is 0.184 e. The van der Waals surface area contributed by atoms with Crippen LogP contribution in [0.3, 0.4) is 0 Å². The predicted octanol–water partition coefficient (Wildman–Crippen LogP) is 2.92. The van der Waals surface area contributed by atoms with Gasteiger partial charge in [0.25, 0.3) is 0 Å². The molecule has 0 atom stereocenters. The van der Waals surface area contributed by atoms with Gasteiger partial charge in [0.2, 0.25) is 0 Å². The molecule has 0 unspecified atom stereocenters. The lowest BCUT2D eigenvalue weighted by Crippen LogP contribution is -2.00. The molecule has 0 bridgehead atoms. The molecule has 1 aliphatic heterocycles. The number of aryl methyl sites for hydroxylation is 1. The molecule has 1 saturated heterocycles. The minimum Gasteiger partial charge on any atom is -0.346 e. The topological polar surface area (TPSA) is 36.3 Å². The molecule has 1 fully saturated rings. The van der Waals surface area contributed by atoms with Gasteiger partial charge in [-0.2, -0.15) is 0 Å². The lowest BCUT2D eigenvalue weighted by Gasteiger charge is -2.11. The SMILES string of the molecule is CCn1c(-c2ccc(C3OCCO3)cc2)cnc1C. The third-order valence-electron chi connectivity index (χ3n) is 3.47. The van der Waals surface area contributed by atoms with E-state index < -0.39 is 0 Å². The molecule has 0 radical (unpaired) electrons. The first-order valence-electron chi connectivity index (χ1n) is 6.65. The van der Waals surface area contributed by atoms with Gasteiger partial charge in [-0.15, -0.1) is 0 Å². The fourth-order valence-electron chi connectivity index (χ4n) is 2.46. The third kappa shape index (κ3) is 2.29. The minimum absolute atomic E-state index is 0.202. The molecule has 0 saturated carbocycles. The van der Waals surface area contributed by atoms with Gasteiger partial charge < -0.3 is 14.0 Å². The molecule has 2 heterocycles. The summed E-state index contributed by atoms with van der Waals surface area (Å²) in [6, 6.07) is 8.33. The van der Waals surface area contributed by atoms with Crippen molar-refractivity contribution in [1.82, 2.24) is 9.55 Å². The van der Waals surface area contributed by atoms with Gasteiger partial charge >= 0.3 is 0 Å². The van der Waals surface area contributed by atoms with Gasteiger partial charge in [-0.05, 0) is 19.4 Å². The van der Waals surface area contributed by atoms with E-state index in [9.17, 15) is 0 Å². The third-order valence-corrected chi connectivity index (χ3v) is 3.47. The molecule has 4 nitrogen and oxygen atoms in total. The van der Waals surface area contributed by atoms with Crippen molar-refractivity contribution in [1.29, 1.82) is 0 Å². The summed E-state index contributed by atoms with van der Waals surface area (Å²) in [4.78, 5) is 4.38. The Bertz CT molecular complexity index is 554. The first-order valence-corrected chi connectivity index (χ1v) is 6.65. The summed E-state index contributed by atoms with van der Waals surface area (Å²) >= 11 is 0. The summed E-state index contributed by atoms with van der Waals surface area (Å²) in [5.41, 5.74) is 3.39. The fraction of sp³-hybridized carbons (Fsp3) is 0.400. The van der Waals surface area contributed by atoms with Crippen LogP contribution in [0.15, 0.2) is 30.5 Å². The molecular formula is C15H18N2O2. The van der Waals surface area contributed by atoms with Gasteiger partial charge in [-0.3, -0.25) is 0 Å². The van der Waals surface area contributed by atoms with E-state index in [1.807, 2.05) is 13.1 Å². The second kappa shape index (κ2) is 5.15. The predicted molar refractivity (Wildman–Crippen MR) is 72.7 cm³/mol. The Morgan fingerprint density at radius 1 is 1.21 bits per heavy atom. The van der Waals surface area contributed by atoms with Crippen LogP contribution >= 0.6 is 0 Å². The number of aromatic nitrogens is 2. The lowest BCUT2D eigenvalue weighted by molar-refractivity contribution is -0.0441. The van der Waals surface area contributed by atoms with Gasteiger partial charge in [0, 0.05) is 12.1 Å². The zero-order valence-corrected chi connectivity index (χ0v) is 11.3. The quantitative estimate of drug-likeness (QED) is 0.849. The van der Waals surface area contributed by atoms with Crippen LogP contribution in [0.5, 0.6) is 0 Å². The standard InChI is InChI=1S/C15H18N2O2/c1-3-17-11(2)16-10-14(17)12-4-6-13(7-5-12)15-18-8-9-19-15/h4-7,10,15H,3,8-9H2,1-2H3. The molecule has 0 spiro atoms. The van der Waals surface area contributed by atoms with Crippen LogP contribution in [-0.2, 0) is 16.0 Å². The maximum atomic E-state index is 5.49. The molecule has 0 amide bonds. The maximum Gasteiger partial charge on any atom is 0.184 e. The monoisotopic (exact) mass is 258 g/mol. The molecule has 1 aromatic heterocycles. The largest absolute Gasteiger partial charge is 0.346 e. The second-order valence-electron chi connectivity index (χ2n) is 4.63. The highest BCUT2D eigenvalue weighted by Crippen LogP contribution is 2.26. The Balaban J connectivity index is 1.89. The molecule has 0 N–H and O–H groups in total. The van der Waals surface area contributed by atoms with Crippen molar-refractivity contribution in [3.63, 3.8) is 0 Å². The first-order chi connectivity index (χ1) is 9.29. The van der Waals surface area contributed by atoms with Crippen molar-refractivity contribution in [2.24, 2.45) is 0 Å². The van der Waals surface area contributed by atoms with Crippen LogP contribution in [0.4, 0.5) is 0 Å². The summed E-state index contributed by atoms with van der Waals surface area (Å²) in [5, 5.41) is 0. The second-order valence-corrected chi connectivity index (χ2v) is 4.63. The number of rotatable bonds is 3. The van der Waals surface area contributed by atoms with Crippen molar-refractivity contribution in [3.05, 3.63) is 41.9 Å². The molecule has 2 aromatic rings. The molecule has 100 valence electrons. The average molecular weight is 258 g/mol. The van der Waals surface area contributed by atoms with Crippen LogP contribution in [0.25, 0.3) is 11.3 Å². The summed E-state index contributed by atoms with van der Waals surface area (Å²) in [5.74, 6) is 1.05. The maximum absolute atomic E-state index is 5.49. The molecule has 1 aliphatic rings. The Morgan fingerprint density at radius 3 is 2.53 bits per heavy atom. The Hall–Kier alpha value is -1.65. The highest BCUT2D eigenvalue weighted by Gasteiger charge is 2.18. The van der Waals surface area contributed by atoms with Gasteiger partial charge in [-0.1, -0.05) is 24.3 Å². The normalized spacial score (nSPS) is 16.1. The van der Waals surface area contributed by atoms with Crippen LogP contribution < -0.4 is 0 Å². The lowest BCUT2D eigenvalue weighted by atomic mass is 10.1. The van der Waals surface area contributed by atoms with E-state index in [-0.39, 0.29) is 6.29 Å². The van der Waals surface area contributed by atoms with Crippen LogP contribution in [0.1, 0.15) is 24.6 Å². The number of hydrogen-bond donors (Lipinski definition) is 0. The van der Waals surface area contributed by atoms with E-state index in [2.05, 4.69) is 40.7 Å². The number of benzene rings is 1. The molecule has 1 aromatic carbocycles. The van der Waals surface area contributed by atoms with Gasteiger partial charge in [0.15, 0.2) is 6.29 Å². The summed E-state index contributed by atoms with van der Waals surface area (Å²) in [6.07, 6.45) is 1.73. The van der Waals surface area contributed by atoms with Crippen molar-refractivity contribution in [3.8, 4) is 11.3 Å². The highest BCUT2D eigenvalue weighted by atomic mass is 16.7. The van der Waals surface area contributed by atoms with Crippen molar-refractivity contribution >= 4 is 0 Å². The van der Waals surface area contributed by atoms with Gasteiger partial charge in [-0.25, -0.2) is 4.98 Å². The Kier molecular flexibility index (Phi) is 3.36. The Labute approximate surface area is 113 Å². The zero-order chi connectivity index (χ0) is 13.2. The summed E-state index contributed by atoms with van der Waals surface area (Å²) in [6.45, 7) is 6.44. The van der Waals surface area contributed by atoms with Crippen molar-refractivity contribution in [2.75, 3.05) is 13.2 Å². The molecule has 4 heteroatoms.